The molecule has 0 radical (unpaired) electrons. The first-order valence-electron chi connectivity index (χ1n) is 11.3. The van der Waals surface area contributed by atoms with E-state index in [-0.39, 0.29) is 12.5 Å². The number of nitrogens with zero attached hydrogens (tertiary/aromatic N) is 4. The second-order valence-corrected chi connectivity index (χ2v) is 8.40. The fourth-order valence-corrected chi connectivity index (χ4v) is 3.82. The van der Waals surface area contributed by atoms with E-state index in [0.29, 0.717) is 29.3 Å². The van der Waals surface area contributed by atoms with Crippen molar-refractivity contribution in [2.45, 2.75) is 12.6 Å². The fourth-order valence-electron chi connectivity index (χ4n) is 3.82. The molecule has 0 saturated carbocycles. The maximum Gasteiger partial charge on any atom is 0.257 e. The molecule has 178 valence electrons. The number of likely N-dealkylation sites (N-methyl/N-ethyl adjacent to an activating group) is 1. The molecule has 1 heterocycles. The summed E-state index contributed by atoms with van der Waals surface area (Å²) in [7, 11) is 3.50. The van der Waals surface area contributed by atoms with Crippen LogP contribution in [0.4, 0.5) is 10.3 Å². The molecule has 1 atom stereocenters. The lowest BCUT2D eigenvalue weighted by molar-refractivity contribution is 0.0680. The van der Waals surface area contributed by atoms with Crippen molar-refractivity contribution >= 4 is 11.9 Å². The minimum absolute atomic E-state index is 0.00776. The van der Waals surface area contributed by atoms with Crippen LogP contribution in [0, 0.1) is 5.82 Å². The Hall–Kier alpha value is -4.10. The minimum Gasteiger partial charge on any atom is -0.387 e. The Kier molecular flexibility index (Phi) is 7.48. The Labute approximate surface area is 204 Å². The number of rotatable bonds is 8. The second kappa shape index (κ2) is 10.9. The molecule has 0 spiro atoms. The zero-order chi connectivity index (χ0) is 24.8. The number of hydrogen-bond donors (Lipinski definition) is 1. The zero-order valence-corrected chi connectivity index (χ0v) is 19.7. The quantitative estimate of drug-likeness (QED) is 0.403. The van der Waals surface area contributed by atoms with Gasteiger partial charge in [-0.05, 0) is 23.3 Å². The first-order valence-corrected chi connectivity index (χ1v) is 11.3. The lowest BCUT2D eigenvalue weighted by Gasteiger charge is -2.23. The molecule has 0 aliphatic rings. The number of carbonyl (C=O) groups is 1. The Morgan fingerprint density at radius 3 is 2.34 bits per heavy atom. The van der Waals surface area contributed by atoms with Gasteiger partial charge in [-0.15, -0.1) is 0 Å². The number of aliphatic hydroxyl groups is 1. The van der Waals surface area contributed by atoms with E-state index in [1.807, 2.05) is 72.6 Å². The van der Waals surface area contributed by atoms with Gasteiger partial charge in [-0.25, -0.2) is 14.4 Å². The van der Waals surface area contributed by atoms with Gasteiger partial charge in [0, 0.05) is 32.4 Å². The van der Waals surface area contributed by atoms with Crippen LogP contribution in [0.2, 0.25) is 0 Å². The standard InChI is InChI=1S/C28H27FN4O2/c1-32(19-25(34)22-14-9-15-23(29)16-22)27(35)24-17-30-28(31-26(24)21-12-7-4-8-13-21)33(2)18-20-10-5-3-6-11-20/h3-17,25,34H,18-19H2,1-2H3. The maximum atomic E-state index is 13.6. The van der Waals surface area contributed by atoms with E-state index in [1.165, 1.54) is 29.3 Å². The fraction of sp³-hybridized carbons (Fsp3) is 0.179. The van der Waals surface area contributed by atoms with Gasteiger partial charge in [-0.3, -0.25) is 4.79 Å². The van der Waals surface area contributed by atoms with Crippen molar-refractivity contribution in [3.8, 4) is 11.3 Å². The Bertz CT molecular complexity index is 1280. The molecule has 1 amide bonds. The molecule has 0 saturated heterocycles. The topological polar surface area (TPSA) is 69.6 Å². The average molecular weight is 471 g/mol. The number of aromatic nitrogens is 2. The van der Waals surface area contributed by atoms with Gasteiger partial charge in [-0.2, -0.15) is 0 Å². The van der Waals surface area contributed by atoms with Crippen molar-refractivity contribution in [1.29, 1.82) is 0 Å². The third-order valence-corrected chi connectivity index (χ3v) is 5.68. The molecule has 0 bridgehead atoms. The highest BCUT2D eigenvalue weighted by Gasteiger charge is 2.23. The van der Waals surface area contributed by atoms with E-state index in [0.717, 1.165) is 11.1 Å². The molecule has 1 N–H and O–H groups in total. The van der Waals surface area contributed by atoms with Crippen LogP contribution in [0.25, 0.3) is 11.3 Å². The molecule has 0 aliphatic heterocycles. The molecule has 7 heteroatoms. The first kappa shape index (κ1) is 24.0. The summed E-state index contributed by atoms with van der Waals surface area (Å²) >= 11 is 0. The van der Waals surface area contributed by atoms with Gasteiger partial charge in [0.05, 0.1) is 23.9 Å². The predicted molar refractivity (Wildman–Crippen MR) is 134 cm³/mol. The summed E-state index contributed by atoms with van der Waals surface area (Å²) in [6.07, 6.45) is 0.497. The van der Waals surface area contributed by atoms with Crippen molar-refractivity contribution < 1.29 is 14.3 Å². The molecule has 0 aliphatic carbocycles. The first-order chi connectivity index (χ1) is 16.9. The van der Waals surface area contributed by atoms with Gasteiger partial charge in [0.15, 0.2) is 0 Å². The van der Waals surface area contributed by atoms with Gasteiger partial charge in [0.1, 0.15) is 5.82 Å². The summed E-state index contributed by atoms with van der Waals surface area (Å²) in [4.78, 5) is 25.9. The van der Waals surface area contributed by atoms with Crippen molar-refractivity contribution in [2.24, 2.45) is 0 Å². The van der Waals surface area contributed by atoms with Crippen LogP contribution in [0.5, 0.6) is 0 Å². The van der Waals surface area contributed by atoms with Crippen molar-refractivity contribution in [3.05, 3.63) is 114 Å². The third-order valence-electron chi connectivity index (χ3n) is 5.68. The molecule has 4 aromatic rings. The van der Waals surface area contributed by atoms with Crippen LogP contribution < -0.4 is 4.90 Å². The zero-order valence-electron chi connectivity index (χ0n) is 19.7. The van der Waals surface area contributed by atoms with Crippen LogP contribution in [-0.2, 0) is 6.54 Å². The molecule has 1 aromatic heterocycles. The highest BCUT2D eigenvalue weighted by Crippen LogP contribution is 2.25. The number of halogens is 1. The smallest absolute Gasteiger partial charge is 0.257 e. The monoisotopic (exact) mass is 470 g/mol. The molecule has 1 unspecified atom stereocenters. The van der Waals surface area contributed by atoms with Crippen LogP contribution >= 0.6 is 0 Å². The van der Waals surface area contributed by atoms with E-state index in [9.17, 15) is 14.3 Å². The normalized spacial score (nSPS) is 11.7. The van der Waals surface area contributed by atoms with E-state index in [2.05, 4.69) is 4.98 Å². The molecule has 0 fully saturated rings. The Morgan fingerprint density at radius 1 is 0.971 bits per heavy atom. The molecule has 35 heavy (non-hydrogen) atoms. The summed E-state index contributed by atoms with van der Waals surface area (Å²) in [5.74, 6) is -0.284. The number of anilines is 1. The summed E-state index contributed by atoms with van der Waals surface area (Å²) < 4.78 is 13.6. The van der Waals surface area contributed by atoms with E-state index in [4.69, 9.17) is 4.98 Å². The van der Waals surface area contributed by atoms with Crippen LogP contribution in [0.3, 0.4) is 0 Å². The van der Waals surface area contributed by atoms with Gasteiger partial charge in [0.25, 0.3) is 5.91 Å². The summed E-state index contributed by atoms with van der Waals surface area (Å²) in [5.41, 5.74) is 3.13. The number of benzene rings is 3. The third kappa shape index (κ3) is 5.88. The van der Waals surface area contributed by atoms with Crippen molar-refractivity contribution in [2.75, 3.05) is 25.5 Å². The highest BCUT2D eigenvalue weighted by molar-refractivity contribution is 5.99. The highest BCUT2D eigenvalue weighted by atomic mass is 19.1. The van der Waals surface area contributed by atoms with E-state index < -0.39 is 11.9 Å². The summed E-state index contributed by atoms with van der Waals surface area (Å²) in [5, 5.41) is 10.6. The number of carbonyl (C=O) groups excluding carboxylic acids is 1. The number of amides is 1. The average Bonchev–Trinajstić information content (AvgIpc) is 2.89. The lowest BCUT2D eigenvalue weighted by Crippen LogP contribution is -2.32. The summed E-state index contributed by atoms with van der Waals surface area (Å²) in [6.45, 7) is 0.605. The van der Waals surface area contributed by atoms with Gasteiger partial charge in [-0.1, -0.05) is 72.8 Å². The molecule has 3 aromatic carbocycles. The second-order valence-electron chi connectivity index (χ2n) is 8.40. The Balaban J connectivity index is 1.61. The Morgan fingerprint density at radius 2 is 1.66 bits per heavy atom. The number of aliphatic hydroxyl groups excluding tert-OH is 1. The van der Waals surface area contributed by atoms with E-state index in [1.54, 1.807) is 13.1 Å². The van der Waals surface area contributed by atoms with Crippen LogP contribution in [-0.4, -0.2) is 46.5 Å². The lowest BCUT2D eigenvalue weighted by atomic mass is 10.1. The SMILES string of the molecule is CN(CC(O)c1cccc(F)c1)C(=O)c1cnc(N(C)Cc2ccccc2)nc1-c1ccccc1. The van der Waals surface area contributed by atoms with Gasteiger partial charge >= 0.3 is 0 Å². The molecular formula is C28H27FN4O2. The predicted octanol–water partition coefficient (Wildman–Crippen LogP) is 4.72. The van der Waals surface area contributed by atoms with E-state index >= 15 is 0 Å². The maximum absolute atomic E-state index is 13.6. The minimum atomic E-state index is -1.03. The van der Waals surface area contributed by atoms with Gasteiger partial charge in [0.2, 0.25) is 5.95 Å². The van der Waals surface area contributed by atoms with Crippen LogP contribution in [0.1, 0.15) is 27.6 Å². The molecular weight excluding hydrogens is 443 g/mol. The van der Waals surface area contributed by atoms with Gasteiger partial charge < -0.3 is 14.9 Å². The molecule has 4 rings (SSSR count). The van der Waals surface area contributed by atoms with Crippen molar-refractivity contribution in [1.82, 2.24) is 14.9 Å². The summed E-state index contributed by atoms with van der Waals surface area (Å²) in [6, 6.07) is 25.2. The number of hydrogen-bond acceptors (Lipinski definition) is 5. The van der Waals surface area contributed by atoms with Crippen LogP contribution in [0.15, 0.2) is 91.1 Å². The molecule has 6 nitrogen and oxygen atoms in total. The largest absolute Gasteiger partial charge is 0.387 e. The van der Waals surface area contributed by atoms with Crippen molar-refractivity contribution in [3.63, 3.8) is 0 Å².